The average Bonchev–Trinajstić information content (AvgIpc) is 2.82. The number of methoxy groups -OCH3 is 1. The van der Waals surface area contributed by atoms with Gasteiger partial charge in [0.15, 0.2) is 5.78 Å². The van der Waals surface area contributed by atoms with Gasteiger partial charge in [0.2, 0.25) is 5.88 Å². The van der Waals surface area contributed by atoms with Crippen LogP contribution in [0.2, 0.25) is 0 Å². The summed E-state index contributed by atoms with van der Waals surface area (Å²) in [6.07, 6.45) is 2.03. The number of benzene rings is 2. The number of halogens is 1. The molecule has 0 aliphatic heterocycles. The van der Waals surface area contributed by atoms with Gasteiger partial charge in [-0.05, 0) is 61.1 Å². The fraction of sp³-hybridized carbons (Fsp3) is 0.296. The summed E-state index contributed by atoms with van der Waals surface area (Å²) in [7, 11) is 1.63. The van der Waals surface area contributed by atoms with Gasteiger partial charge < -0.3 is 9.47 Å². The van der Waals surface area contributed by atoms with Gasteiger partial charge in [0.1, 0.15) is 29.7 Å². The molecule has 0 atom stereocenters. The lowest BCUT2D eigenvalue weighted by Crippen LogP contribution is -2.03. The van der Waals surface area contributed by atoms with E-state index in [2.05, 4.69) is 21.8 Å². The van der Waals surface area contributed by atoms with E-state index in [1.165, 1.54) is 6.07 Å². The number of Topliss-reactive ketones (excluding diaryl/α,β-unsaturated/α-hetero) is 1. The van der Waals surface area contributed by atoms with E-state index < -0.39 is 5.82 Å². The zero-order valence-corrected chi connectivity index (χ0v) is 19.2. The first kappa shape index (κ1) is 23.9. The predicted octanol–water partition coefficient (Wildman–Crippen LogP) is 5.48. The molecule has 3 rings (SSSR count). The van der Waals surface area contributed by atoms with Crippen LogP contribution in [-0.2, 0) is 13.0 Å². The monoisotopic (exact) mass is 446 g/mol. The molecule has 0 aliphatic carbocycles. The maximum atomic E-state index is 14.1. The van der Waals surface area contributed by atoms with E-state index in [4.69, 9.17) is 9.47 Å². The minimum absolute atomic E-state index is 0.144. The Balaban J connectivity index is 1.52. The van der Waals surface area contributed by atoms with E-state index >= 15 is 0 Å². The molecule has 0 N–H and O–H groups in total. The summed E-state index contributed by atoms with van der Waals surface area (Å²) >= 11 is 0. The van der Waals surface area contributed by atoms with Crippen molar-refractivity contribution in [3.05, 3.63) is 82.6 Å². The molecule has 3 aromatic rings. The minimum atomic E-state index is -0.455. The Morgan fingerprint density at radius 1 is 1.06 bits per heavy atom. The number of nitrogens with zero attached hydrogens (tertiary/aromatic N) is 2. The minimum Gasteiger partial charge on any atom is -0.497 e. The Kier molecular flexibility index (Phi) is 8.54. The quantitative estimate of drug-likeness (QED) is 0.247. The summed E-state index contributed by atoms with van der Waals surface area (Å²) < 4.78 is 25.0. The van der Waals surface area contributed by atoms with Crippen molar-refractivity contribution in [2.75, 3.05) is 7.11 Å². The lowest BCUT2D eigenvalue weighted by molar-refractivity contribution is 0.0976. The maximum absolute atomic E-state index is 14.1. The number of rotatable bonds is 9. The van der Waals surface area contributed by atoms with Crippen molar-refractivity contribution in [3.8, 4) is 23.5 Å². The molecule has 0 fully saturated rings. The van der Waals surface area contributed by atoms with Crippen molar-refractivity contribution in [2.24, 2.45) is 0 Å². The molecule has 0 aliphatic rings. The fourth-order valence-corrected chi connectivity index (χ4v) is 3.19. The number of carbonyl (C=O) groups is 1. The van der Waals surface area contributed by atoms with Gasteiger partial charge in [-0.15, -0.1) is 0 Å². The third-order valence-electron chi connectivity index (χ3n) is 5.02. The van der Waals surface area contributed by atoms with Gasteiger partial charge in [-0.1, -0.05) is 31.0 Å². The average molecular weight is 447 g/mol. The van der Waals surface area contributed by atoms with Crippen LogP contribution in [0.25, 0.3) is 0 Å². The van der Waals surface area contributed by atoms with Gasteiger partial charge in [-0.25, -0.2) is 9.37 Å². The Hall–Kier alpha value is -3.72. The highest BCUT2D eigenvalue weighted by atomic mass is 19.1. The molecule has 33 heavy (non-hydrogen) atoms. The Labute approximate surface area is 194 Å². The van der Waals surface area contributed by atoms with E-state index in [-0.39, 0.29) is 17.8 Å². The van der Waals surface area contributed by atoms with E-state index in [1.807, 2.05) is 31.2 Å². The summed E-state index contributed by atoms with van der Waals surface area (Å²) in [6.45, 7) is 4.10. The van der Waals surface area contributed by atoms with Gasteiger partial charge in [-0.3, -0.25) is 4.79 Å². The Bertz CT molecular complexity index is 1160. The molecule has 2 aromatic carbocycles. The molecule has 0 amide bonds. The second-order valence-corrected chi connectivity index (χ2v) is 7.52. The maximum Gasteiger partial charge on any atom is 0.218 e. The standard InChI is InChI=1S/C27H27FN2O3/c1-4-20-12-15-24(25(28)16-20)26(31)9-7-5-6-8-22-17-27(30-19(2)29-22)33-18-21-10-13-23(32-3)14-11-21/h10-17H,4-5,7,9,18H2,1-3H3. The first-order chi connectivity index (χ1) is 16.0. The molecule has 1 heterocycles. The fourth-order valence-electron chi connectivity index (χ4n) is 3.19. The molecular formula is C27H27FN2O3. The van der Waals surface area contributed by atoms with Crippen LogP contribution >= 0.6 is 0 Å². The van der Waals surface area contributed by atoms with Crippen molar-refractivity contribution in [1.82, 2.24) is 9.97 Å². The third kappa shape index (κ3) is 7.15. The van der Waals surface area contributed by atoms with Gasteiger partial charge in [0.25, 0.3) is 0 Å². The molecule has 0 saturated heterocycles. The number of unbranched alkanes of at least 4 members (excludes halogenated alkanes) is 1. The molecule has 1 aromatic heterocycles. The smallest absolute Gasteiger partial charge is 0.218 e. The lowest BCUT2D eigenvalue weighted by Gasteiger charge is -2.07. The highest BCUT2D eigenvalue weighted by molar-refractivity contribution is 5.96. The zero-order chi connectivity index (χ0) is 23.6. The van der Waals surface area contributed by atoms with Crippen LogP contribution in [0.5, 0.6) is 11.6 Å². The van der Waals surface area contributed by atoms with E-state index in [1.54, 1.807) is 32.2 Å². The normalized spacial score (nSPS) is 10.3. The van der Waals surface area contributed by atoms with Crippen LogP contribution in [0, 0.1) is 24.6 Å². The number of hydrogen-bond acceptors (Lipinski definition) is 5. The van der Waals surface area contributed by atoms with Gasteiger partial charge >= 0.3 is 0 Å². The summed E-state index contributed by atoms with van der Waals surface area (Å²) in [5, 5.41) is 0. The van der Waals surface area contributed by atoms with Crippen molar-refractivity contribution in [2.45, 2.75) is 46.1 Å². The topological polar surface area (TPSA) is 61.3 Å². The molecule has 0 radical (unpaired) electrons. The van der Waals surface area contributed by atoms with Crippen molar-refractivity contribution >= 4 is 5.78 Å². The van der Waals surface area contributed by atoms with Crippen molar-refractivity contribution < 1.29 is 18.7 Å². The van der Waals surface area contributed by atoms with Gasteiger partial charge in [-0.2, -0.15) is 4.98 Å². The van der Waals surface area contributed by atoms with Crippen molar-refractivity contribution in [3.63, 3.8) is 0 Å². The second kappa shape index (κ2) is 11.8. The number of hydrogen-bond donors (Lipinski definition) is 0. The summed E-state index contributed by atoms with van der Waals surface area (Å²) in [5.41, 5.74) is 2.57. The molecule has 0 unspecified atom stereocenters. The largest absolute Gasteiger partial charge is 0.497 e. The molecule has 6 heteroatoms. The Morgan fingerprint density at radius 3 is 2.52 bits per heavy atom. The van der Waals surface area contributed by atoms with Crippen LogP contribution in [0.15, 0.2) is 48.5 Å². The highest BCUT2D eigenvalue weighted by Crippen LogP contribution is 2.16. The summed E-state index contributed by atoms with van der Waals surface area (Å²) in [4.78, 5) is 20.9. The highest BCUT2D eigenvalue weighted by Gasteiger charge is 2.11. The third-order valence-corrected chi connectivity index (χ3v) is 5.02. The van der Waals surface area contributed by atoms with Crippen LogP contribution in [0.1, 0.15) is 59.2 Å². The number of ketones is 1. The van der Waals surface area contributed by atoms with Crippen LogP contribution in [0.3, 0.4) is 0 Å². The summed E-state index contributed by atoms with van der Waals surface area (Å²) in [6, 6.07) is 14.1. The lowest BCUT2D eigenvalue weighted by atomic mass is 10.0. The molecular weight excluding hydrogens is 419 g/mol. The van der Waals surface area contributed by atoms with Crippen LogP contribution in [-0.4, -0.2) is 22.9 Å². The van der Waals surface area contributed by atoms with Crippen LogP contribution in [0.4, 0.5) is 4.39 Å². The first-order valence-electron chi connectivity index (χ1n) is 10.9. The zero-order valence-electron chi connectivity index (χ0n) is 19.2. The molecule has 5 nitrogen and oxygen atoms in total. The van der Waals surface area contributed by atoms with Crippen molar-refractivity contribution in [1.29, 1.82) is 0 Å². The molecule has 170 valence electrons. The number of aromatic nitrogens is 2. The predicted molar refractivity (Wildman–Crippen MR) is 125 cm³/mol. The van der Waals surface area contributed by atoms with Gasteiger partial charge in [0, 0.05) is 18.9 Å². The van der Waals surface area contributed by atoms with E-state index in [0.29, 0.717) is 36.8 Å². The van der Waals surface area contributed by atoms with Crippen LogP contribution < -0.4 is 9.47 Å². The molecule has 0 spiro atoms. The van der Waals surface area contributed by atoms with E-state index in [9.17, 15) is 9.18 Å². The van der Waals surface area contributed by atoms with E-state index in [0.717, 1.165) is 23.3 Å². The first-order valence-corrected chi connectivity index (χ1v) is 10.9. The number of carbonyl (C=O) groups excluding carboxylic acids is 1. The SMILES string of the molecule is CCc1ccc(C(=O)CCCC#Cc2cc(OCc3ccc(OC)cc3)nc(C)n2)c(F)c1. The van der Waals surface area contributed by atoms with Gasteiger partial charge in [0.05, 0.1) is 12.7 Å². The molecule has 0 bridgehead atoms. The number of ether oxygens (including phenoxy) is 2. The second-order valence-electron chi connectivity index (χ2n) is 7.52. The Morgan fingerprint density at radius 2 is 1.82 bits per heavy atom. The number of aryl methyl sites for hydroxylation is 2. The summed E-state index contributed by atoms with van der Waals surface area (Å²) in [5.74, 6) is 7.16. The molecule has 0 saturated carbocycles.